The summed E-state index contributed by atoms with van der Waals surface area (Å²) in [4.78, 5) is 0. The lowest BCUT2D eigenvalue weighted by molar-refractivity contribution is -0.0574. The van der Waals surface area contributed by atoms with Crippen molar-refractivity contribution in [3.8, 4) is 0 Å². The quantitative estimate of drug-likeness (QED) is 0.756. The van der Waals surface area contributed by atoms with Crippen LogP contribution in [0.15, 0.2) is 60.7 Å². The molecule has 2 aromatic carbocycles. The maximum atomic E-state index is 6.21. The molecule has 1 unspecified atom stereocenters. The molecule has 0 saturated heterocycles. The fraction of sp³-hybridized carbons (Fsp3) is 0.368. The molecule has 0 N–H and O–H groups in total. The van der Waals surface area contributed by atoms with E-state index in [2.05, 4.69) is 88.4 Å². The zero-order valence-electron chi connectivity index (χ0n) is 12.8. The molecule has 0 saturated carbocycles. The van der Waals surface area contributed by atoms with E-state index >= 15 is 0 Å². The first-order chi connectivity index (χ1) is 9.47. The van der Waals surface area contributed by atoms with Gasteiger partial charge >= 0.3 is 0 Å². The summed E-state index contributed by atoms with van der Waals surface area (Å²) in [6.45, 7) is 8.49. The van der Waals surface area contributed by atoms with Crippen molar-refractivity contribution in [2.45, 2.75) is 45.3 Å². The van der Waals surface area contributed by atoms with Crippen LogP contribution in [0.1, 0.15) is 44.7 Å². The molecule has 1 heteroatoms. The first-order valence-electron chi connectivity index (χ1n) is 7.25. The second kappa shape index (κ2) is 6.23. The summed E-state index contributed by atoms with van der Waals surface area (Å²) < 4.78 is 6.21. The van der Waals surface area contributed by atoms with Crippen molar-refractivity contribution in [3.05, 3.63) is 71.8 Å². The Hall–Kier alpha value is -1.60. The lowest BCUT2D eigenvalue weighted by Gasteiger charge is -2.31. The van der Waals surface area contributed by atoms with Crippen molar-refractivity contribution in [1.29, 1.82) is 0 Å². The first kappa shape index (κ1) is 14.8. The molecule has 0 aliphatic carbocycles. The van der Waals surface area contributed by atoms with E-state index in [0.717, 1.165) is 0 Å². The van der Waals surface area contributed by atoms with Gasteiger partial charge in [0.25, 0.3) is 0 Å². The highest BCUT2D eigenvalue weighted by Gasteiger charge is 2.25. The van der Waals surface area contributed by atoms with E-state index in [-0.39, 0.29) is 17.6 Å². The third-order valence-electron chi connectivity index (χ3n) is 3.33. The minimum atomic E-state index is -0.138. The maximum absolute atomic E-state index is 6.21. The zero-order valence-corrected chi connectivity index (χ0v) is 12.8. The Morgan fingerprint density at radius 1 is 0.750 bits per heavy atom. The molecule has 1 atom stereocenters. The molecule has 0 radical (unpaired) electrons. The monoisotopic (exact) mass is 268 g/mol. The highest BCUT2D eigenvalue weighted by molar-refractivity contribution is 5.33. The summed E-state index contributed by atoms with van der Waals surface area (Å²) in [5.41, 5.74) is 2.47. The Bertz CT molecular complexity index is 471. The molecule has 0 aliphatic rings. The molecule has 0 heterocycles. The molecule has 2 aromatic rings. The number of hydrogen-bond donors (Lipinski definition) is 0. The van der Waals surface area contributed by atoms with Crippen LogP contribution < -0.4 is 0 Å². The van der Waals surface area contributed by atoms with Gasteiger partial charge in [0.2, 0.25) is 0 Å². The van der Waals surface area contributed by atoms with Crippen LogP contribution in [-0.2, 0) is 4.74 Å². The molecule has 20 heavy (non-hydrogen) atoms. The first-order valence-corrected chi connectivity index (χ1v) is 7.25. The third kappa shape index (κ3) is 3.94. The van der Waals surface area contributed by atoms with Crippen molar-refractivity contribution in [2.75, 3.05) is 0 Å². The highest BCUT2D eigenvalue weighted by atomic mass is 16.5. The van der Waals surface area contributed by atoms with E-state index in [4.69, 9.17) is 4.74 Å². The Balaban J connectivity index is 2.35. The maximum Gasteiger partial charge on any atom is 0.0663 e. The van der Waals surface area contributed by atoms with Gasteiger partial charge in [0, 0.05) is 5.92 Å². The predicted octanol–water partition coefficient (Wildman–Crippen LogP) is 5.02. The van der Waals surface area contributed by atoms with Gasteiger partial charge in [0.05, 0.1) is 11.7 Å². The Morgan fingerprint density at radius 2 is 1.15 bits per heavy atom. The summed E-state index contributed by atoms with van der Waals surface area (Å²) in [5.74, 6) is 0.261. The zero-order chi connectivity index (χ0) is 14.6. The molecule has 0 amide bonds. The minimum Gasteiger partial charge on any atom is -0.372 e. The van der Waals surface area contributed by atoms with Crippen molar-refractivity contribution < 1.29 is 4.74 Å². The molecule has 0 bridgehead atoms. The number of rotatable bonds is 4. The van der Waals surface area contributed by atoms with Crippen molar-refractivity contribution in [1.82, 2.24) is 0 Å². The average molecular weight is 268 g/mol. The van der Waals surface area contributed by atoms with Crippen molar-refractivity contribution in [2.24, 2.45) is 0 Å². The summed E-state index contributed by atoms with van der Waals surface area (Å²) in [7, 11) is 0. The van der Waals surface area contributed by atoms with Gasteiger partial charge in [-0.15, -0.1) is 0 Å². The fourth-order valence-corrected chi connectivity index (χ4v) is 2.68. The standard InChI is InChI=1S/C19H24O/c1-15(20-19(2,3)4)18(16-11-7-5-8-12-16)17-13-9-6-10-14-17/h5-15,18H,1-4H3. The SMILES string of the molecule is CC(OC(C)(C)C)C(c1ccccc1)c1ccccc1. The van der Waals surface area contributed by atoms with Crippen LogP contribution in [0.2, 0.25) is 0 Å². The van der Waals surface area contributed by atoms with Gasteiger partial charge < -0.3 is 4.74 Å². The second-order valence-corrected chi connectivity index (χ2v) is 6.23. The average Bonchev–Trinajstić information content (AvgIpc) is 2.39. The molecule has 0 aromatic heterocycles. The molecule has 0 aliphatic heterocycles. The van der Waals surface area contributed by atoms with E-state index in [1.54, 1.807) is 0 Å². The van der Waals surface area contributed by atoms with Crippen LogP contribution in [0.5, 0.6) is 0 Å². The van der Waals surface area contributed by atoms with Gasteiger partial charge in [-0.25, -0.2) is 0 Å². The molecular weight excluding hydrogens is 244 g/mol. The number of hydrogen-bond acceptors (Lipinski definition) is 1. The van der Waals surface area contributed by atoms with Crippen molar-refractivity contribution >= 4 is 0 Å². The smallest absolute Gasteiger partial charge is 0.0663 e. The van der Waals surface area contributed by atoms with Gasteiger partial charge in [-0.3, -0.25) is 0 Å². The molecule has 106 valence electrons. The fourth-order valence-electron chi connectivity index (χ4n) is 2.68. The van der Waals surface area contributed by atoms with Crippen molar-refractivity contribution in [3.63, 3.8) is 0 Å². The van der Waals surface area contributed by atoms with Crippen LogP contribution in [0.4, 0.5) is 0 Å². The molecular formula is C19H24O. The van der Waals surface area contributed by atoms with E-state index < -0.39 is 0 Å². The minimum absolute atomic E-state index is 0.125. The summed E-state index contributed by atoms with van der Waals surface area (Å²) in [6.07, 6.45) is 0.125. The van der Waals surface area contributed by atoms with E-state index in [1.165, 1.54) is 11.1 Å². The Labute approximate surface area is 122 Å². The summed E-state index contributed by atoms with van der Waals surface area (Å²) in [5, 5.41) is 0. The predicted molar refractivity (Wildman–Crippen MR) is 85.0 cm³/mol. The highest BCUT2D eigenvalue weighted by Crippen LogP contribution is 2.31. The van der Waals surface area contributed by atoms with E-state index in [9.17, 15) is 0 Å². The number of ether oxygens (including phenoxy) is 1. The van der Waals surface area contributed by atoms with Gasteiger partial charge in [-0.2, -0.15) is 0 Å². The lowest BCUT2D eigenvalue weighted by Crippen LogP contribution is -2.30. The van der Waals surface area contributed by atoms with Gasteiger partial charge in [0.15, 0.2) is 0 Å². The topological polar surface area (TPSA) is 9.23 Å². The van der Waals surface area contributed by atoms with Crippen LogP contribution in [0.25, 0.3) is 0 Å². The second-order valence-electron chi connectivity index (χ2n) is 6.23. The Kier molecular flexibility index (Phi) is 4.61. The lowest BCUT2D eigenvalue weighted by atomic mass is 9.87. The van der Waals surface area contributed by atoms with E-state index in [1.807, 2.05) is 0 Å². The Morgan fingerprint density at radius 3 is 1.50 bits per heavy atom. The number of benzene rings is 2. The molecule has 1 nitrogen and oxygen atoms in total. The van der Waals surface area contributed by atoms with E-state index in [0.29, 0.717) is 0 Å². The molecule has 0 spiro atoms. The molecule has 2 rings (SSSR count). The summed E-state index contributed by atoms with van der Waals surface area (Å²) in [6, 6.07) is 21.2. The van der Waals surface area contributed by atoms with Gasteiger partial charge in [0.1, 0.15) is 0 Å². The third-order valence-corrected chi connectivity index (χ3v) is 3.33. The molecule has 0 fully saturated rings. The summed E-state index contributed by atoms with van der Waals surface area (Å²) >= 11 is 0. The van der Waals surface area contributed by atoms with Crippen LogP contribution >= 0.6 is 0 Å². The van der Waals surface area contributed by atoms with Crippen LogP contribution in [0.3, 0.4) is 0 Å². The largest absolute Gasteiger partial charge is 0.372 e. The van der Waals surface area contributed by atoms with Crippen LogP contribution in [0, 0.1) is 0 Å². The van der Waals surface area contributed by atoms with Gasteiger partial charge in [-0.1, -0.05) is 60.7 Å². The van der Waals surface area contributed by atoms with Crippen LogP contribution in [-0.4, -0.2) is 11.7 Å². The van der Waals surface area contributed by atoms with Gasteiger partial charge in [-0.05, 0) is 38.8 Å². The normalized spacial score (nSPS) is 13.4.